The third-order valence-electron chi connectivity index (χ3n) is 1.74. The Morgan fingerprint density at radius 3 is 2.80 bits per heavy atom. The lowest BCUT2D eigenvalue weighted by atomic mass is 10.3. The molecular formula is C10H11NO4. The average Bonchev–Trinajstić information content (AvgIpc) is 2.66. The van der Waals surface area contributed by atoms with E-state index in [-0.39, 0.29) is 5.91 Å². The van der Waals surface area contributed by atoms with Gasteiger partial charge in [-0.25, -0.2) is 4.79 Å². The van der Waals surface area contributed by atoms with Crippen molar-refractivity contribution in [1.82, 2.24) is 4.90 Å². The molecule has 0 aliphatic heterocycles. The fourth-order valence-electron chi connectivity index (χ4n) is 1.00. The number of likely N-dealkylation sites (N-methyl/N-ethyl adjacent to an activating group) is 1. The number of rotatable bonds is 4. The van der Waals surface area contributed by atoms with E-state index in [1.807, 2.05) is 0 Å². The second kappa shape index (κ2) is 4.99. The minimum absolute atomic E-state index is 0.362. The summed E-state index contributed by atoms with van der Waals surface area (Å²) in [5.41, 5.74) is 0.856. The molecule has 0 atom stereocenters. The van der Waals surface area contributed by atoms with Crippen molar-refractivity contribution in [3.05, 3.63) is 36.3 Å². The van der Waals surface area contributed by atoms with Crippen LogP contribution >= 0.6 is 0 Å². The topological polar surface area (TPSA) is 70.8 Å². The van der Waals surface area contributed by atoms with E-state index >= 15 is 0 Å². The highest BCUT2D eigenvalue weighted by molar-refractivity contribution is 5.93. The molecule has 1 N–H and O–H groups in total. The molecule has 1 heterocycles. The molecule has 0 spiro atoms. The standard InChI is InChI=1S/C10H11NO4/c1-11(6-8-4-5-15-7-8)9(12)2-3-10(13)14/h2-5,7H,6H2,1H3,(H,13,14). The van der Waals surface area contributed by atoms with Crippen LogP contribution < -0.4 is 0 Å². The highest BCUT2D eigenvalue weighted by atomic mass is 16.4. The van der Waals surface area contributed by atoms with Crippen molar-refractivity contribution in [2.24, 2.45) is 0 Å². The molecule has 1 aromatic rings. The molecule has 80 valence electrons. The van der Waals surface area contributed by atoms with Gasteiger partial charge in [0.1, 0.15) is 0 Å². The maximum absolute atomic E-state index is 11.3. The molecule has 0 aromatic carbocycles. The smallest absolute Gasteiger partial charge is 0.328 e. The van der Waals surface area contributed by atoms with Crippen molar-refractivity contribution in [2.45, 2.75) is 6.54 Å². The minimum Gasteiger partial charge on any atom is -0.478 e. The van der Waals surface area contributed by atoms with Gasteiger partial charge in [-0.2, -0.15) is 0 Å². The number of furan rings is 1. The Morgan fingerprint density at radius 1 is 1.53 bits per heavy atom. The van der Waals surface area contributed by atoms with Gasteiger partial charge in [0.2, 0.25) is 5.91 Å². The van der Waals surface area contributed by atoms with Gasteiger partial charge in [-0.1, -0.05) is 0 Å². The van der Waals surface area contributed by atoms with E-state index in [1.165, 1.54) is 17.4 Å². The van der Waals surface area contributed by atoms with Gasteiger partial charge in [-0.15, -0.1) is 0 Å². The molecule has 1 rings (SSSR count). The van der Waals surface area contributed by atoms with E-state index in [1.54, 1.807) is 13.1 Å². The van der Waals surface area contributed by atoms with Gasteiger partial charge in [0.15, 0.2) is 0 Å². The summed E-state index contributed by atoms with van der Waals surface area (Å²) in [7, 11) is 1.58. The van der Waals surface area contributed by atoms with Crippen LogP contribution in [0.3, 0.4) is 0 Å². The third-order valence-corrected chi connectivity index (χ3v) is 1.74. The Kier molecular flexibility index (Phi) is 3.68. The number of carboxylic acid groups (broad SMARTS) is 1. The largest absolute Gasteiger partial charge is 0.478 e. The predicted octanol–water partition coefficient (Wildman–Crippen LogP) is 0.879. The van der Waals surface area contributed by atoms with Crippen molar-refractivity contribution in [3.63, 3.8) is 0 Å². The Labute approximate surface area is 86.6 Å². The van der Waals surface area contributed by atoms with Crippen LogP contribution in [0.5, 0.6) is 0 Å². The summed E-state index contributed by atoms with van der Waals surface area (Å²) in [6.07, 6.45) is 4.88. The number of aliphatic carboxylic acids is 1. The summed E-state index contributed by atoms with van der Waals surface area (Å²) in [5.74, 6) is -1.50. The van der Waals surface area contributed by atoms with Gasteiger partial charge in [0.25, 0.3) is 0 Å². The Morgan fingerprint density at radius 2 is 2.27 bits per heavy atom. The molecule has 0 aliphatic rings. The predicted molar refractivity (Wildman–Crippen MR) is 52.0 cm³/mol. The van der Waals surface area contributed by atoms with Gasteiger partial charge in [-0.05, 0) is 6.07 Å². The Hall–Kier alpha value is -2.04. The molecule has 0 unspecified atom stereocenters. The molecule has 0 aliphatic carbocycles. The summed E-state index contributed by atoms with van der Waals surface area (Å²) in [6.45, 7) is 0.388. The average molecular weight is 209 g/mol. The van der Waals surface area contributed by atoms with Crippen LogP contribution in [0, 0.1) is 0 Å². The summed E-state index contributed by atoms with van der Waals surface area (Å²) in [5, 5.41) is 8.33. The summed E-state index contributed by atoms with van der Waals surface area (Å²) >= 11 is 0. The summed E-state index contributed by atoms with van der Waals surface area (Å²) in [6, 6.07) is 1.74. The lowest BCUT2D eigenvalue weighted by molar-refractivity contribution is -0.132. The minimum atomic E-state index is -1.14. The van der Waals surface area contributed by atoms with Crippen molar-refractivity contribution >= 4 is 11.9 Å². The molecule has 15 heavy (non-hydrogen) atoms. The molecule has 0 saturated heterocycles. The van der Waals surface area contributed by atoms with Gasteiger partial charge >= 0.3 is 5.97 Å². The van der Waals surface area contributed by atoms with Crippen molar-refractivity contribution in [2.75, 3.05) is 7.05 Å². The zero-order chi connectivity index (χ0) is 11.3. The molecule has 0 radical (unpaired) electrons. The number of carbonyl (C=O) groups excluding carboxylic acids is 1. The third kappa shape index (κ3) is 3.68. The normalized spacial score (nSPS) is 10.5. The molecule has 0 saturated carbocycles. The quantitative estimate of drug-likeness (QED) is 0.747. The van der Waals surface area contributed by atoms with E-state index in [0.29, 0.717) is 6.54 Å². The van der Waals surface area contributed by atoms with Crippen LogP contribution in [-0.2, 0) is 16.1 Å². The summed E-state index contributed by atoms with van der Waals surface area (Å²) in [4.78, 5) is 22.9. The van der Waals surface area contributed by atoms with Crippen molar-refractivity contribution < 1.29 is 19.1 Å². The Bertz CT molecular complexity index is 367. The number of hydrogen-bond acceptors (Lipinski definition) is 3. The van der Waals surface area contributed by atoms with Crippen LogP contribution in [0.1, 0.15) is 5.56 Å². The monoisotopic (exact) mass is 209 g/mol. The van der Waals surface area contributed by atoms with Crippen molar-refractivity contribution in [3.8, 4) is 0 Å². The highest BCUT2D eigenvalue weighted by Crippen LogP contribution is 2.03. The fraction of sp³-hybridized carbons (Fsp3) is 0.200. The number of nitrogens with zero attached hydrogens (tertiary/aromatic N) is 1. The van der Waals surface area contributed by atoms with E-state index in [9.17, 15) is 9.59 Å². The first kappa shape index (κ1) is 11.0. The first-order chi connectivity index (χ1) is 7.09. The molecule has 1 amide bonds. The van der Waals surface area contributed by atoms with E-state index in [2.05, 4.69) is 0 Å². The number of hydrogen-bond donors (Lipinski definition) is 1. The lowest BCUT2D eigenvalue weighted by Gasteiger charge is -2.13. The van der Waals surface area contributed by atoms with Gasteiger partial charge in [0, 0.05) is 31.3 Å². The van der Waals surface area contributed by atoms with Gasteiger partial charge in [-0.3, -0.25) is 4.79 Å². The molecule has 5 heteroatoms. The highest BCUT2D eigenvalue weighted by Gasteiger charge is 2.06. The van der Waals surface area contributed by atoms with Crippen LogP contribution in [-0.4, -0.2) is 28.9 Å². The first-order valence-corrected chi connectivity index (χ1v) is 4.27. The maximum atomic E-state index is 11.3. The lowest BCUT2D eigenvalue weighted by Crippen LogP contribution is -2.24. The van der Waals surface area contributed by atoms with Crippen LogP contribution in [0.2, 0.25) is 0 Å². The Balaban J connectivity index is 2.50. The van der Waals surface area contributed by atoms with E-state index < -0.39 is 5.97 Å². The maximum Gasteiger partial charge on any atom is 0.328 e. The first-order valence-electron chi connectivity index (χ1n) is 4.27. The number of carboxylic acids is 1. The van der Waals surface area contributed by atoms with Gasteiger partial charge < -0.3 is 14.4 Å². The van der Waals surface area contributed by atoms with Crippen LogP contribution in [0.25, 0.3) is 0 Å². The molecule has 1 aromatic heterocycles. The number of carbonyl (C=O) groups is 2. The second-order valence-corrected chi connectivity index (χ2v) is 3.00. The van der Waals surface area contributed by atoms with Crippen LogP contribution in [0.4, 0.5) is 0 Å². The zero-order valence-corrected chi connectivity index (χ0v) is 8.21. The number of amides is 1. The van der Waals surface area contributed by atoms with E-state index in [0.717, 1.165) is 17.7 Å². The molecule has 0 fully saturated rings. The zero-order valence-electron chi connectivity index (χ0n) is 8.21. The fourth-order valence-corrected chi connectivity index (χ4v) is 1.00. The van der Waals surface area contributed by atoms with E-state index in [4.69, 9.17) is 9.52 Å². The van der Waals surface area contributed by atoms with Crippen molar-refractivity contribution in [1.29, 1.82) is 0 Å². The SMILES string of the molecule is CN(Cc1ccoc1)C(=O)C=CC(=O)O. The van der Waals surface area contributed by atoms with Gasteiger partial charge in [0.05, 0.1) is 12.5 Å². The second-order valence-electron chi connectivity index (χ2n) is 3.00. The molecular weight excluding hydrogens is 198 g/mol. The summed E-state index contributed by atoms with van der Waals surface area (Å²) < 4.78 is 4.84. The van der Waals surface area contributed by atoms with Crippen LogP contribution in [0.15, 0.2) is 35.2 Å². The molecule has 5 nitrogen and oxygen atoms in total. The molecule has 0 bridgehead atoms.